The first kappa shape index (κ1) is 15.1. The Morgan fingerprint density at radius 3 is 2.45 bits per heavy atom. The van der Waals surface area contributed by atoms with Crippen LogP contribution in [0.2, 0.25) is 10.0 Å². The minimum absolute atomic E-state index is 0.0920. The van der Waals surface area contributed by atoms with E-state index in [4.69, 9.17) is 23.2 Å². The van der Waals surface area contributed by atoms with Crippen molar-refractivity contribution in [3.63, 3.8) is 0 Å². The Bertz CT molecular complexity index is 688. The van der Waals surface area contributed by atoms with Crippen LogP contribution in [0.15, 0.2) is 35.3 Å². The molecule has 4 nitrogen and oxygen atoms in total. The zero-order chi connectivity index (χ0) is 14.8. The maximum Gasteiger partial charge on any atom is 0.262 e. The van der Waals surface area contributed by atoms with Gasteiger partial charge in [-0.2, -0.15) is 0 Å². The minimum Gasteiger partial charge on any atom is -0.350 e. The summed E-state index contributed by atoms with van der Waals surface area (Å²) in [6.07, 6.45) is 4.27. The van der Waals surface area contributed by atoms with Gasteiger partial charge in [0, 0.05) is 22.2 Å². The van der Waals surface area contributed by atoms with Gasteiger partial charge in [0.25, 0.3) is 5.91 Å². The van der Waals surface area contributed by atoms with Gasteiger partial charge in [-0.05, 0) is 18.2 Å². The summed E-state index contributed by atoms with van der Waals surface area (Å²) in [6, 6.07) is 5.05. The molecule has 20 heavy (non-hydrogen) atoms. The summed E-state index contributed by atoms with van der Waals surface area (Å²) < 4.78 is 23.5. The molecule has 1 fully saturated rings. The lowest BCUT2D eigenvalue weighted by molar-refractivity contribution is -0.116. The van der Waals surface area contributed by atoms with Gasteiger partial charge in [0.1, 0.15) is 4.91 Å². The maximum absolute atomic E-state index is 11.8. The van der Waals surface area contributed by atoms with E-state index in [0.29, 0.717) is 15.6 Å². The van der Waals surface area contributed by atoms with Crippen molar-refractivity contribution >= 4 is 45.0 Å². The minimum atomic E-state index is -3.52. The first-order chi connectivity index (χ1) is 9.42. The van der Waals surface area contributed by atoms with E-state index in [1.54, 1.807) is 24.3 Å². The highest BCUT2D eigenvalue weighted by Crippen LogP contribution is 2.25. The molecule has 0 bridgehead atoms. The number of allylic oxidation sites excluding steroid dienone is 2. The second-order valence-electron chi connectivity index (χ2n) is 4.10. The predicted octanol–water partition coefficient (Wildman–Crippen LogP) is 2.44. The van der Waals surface area contributed by atoms with Crippen molar-refractivity contribution in [3.05, 3.63) is 50.9 Å². The van der Waals surface area contributed by atoms with Crippen LogP contribution in [0.25, 0.3) is 6.08 Å². The van der Waals surface area contributed by atoms with Crippen molar-refractivity contribution in [1.82, 2.24) is 5.32 Å². The molecule has 1 amide bonds. The quantitative estimate of drug-likeness (QED) is 0.846. The summed E-state index contributed by atoms with van der Waals surface area (Å²) in [6.45, 7) is 0.137. The highest BCUT2D eigenvalue weighted by atomic mass is 35.5. The average molecular weight is 332 g/mol. The molecular formula is C13H11Cl2NO3S. The van der Waals surface area contributed by atoms with Crippen molar-refractivity contribution in [2.75, 3.05) is 12.3 Å². The first-order valence-corrected chi connectivity index (χ1v) is 8.16. The summed E-state index contributed by atoms with van der Waals surface area (Å²) >= 11 is 12.0. The van der Waals surface area contributed by atoms with Gasteiger partial charge >= 0.3 is 0 Å². The van der Waals surface area contributed by atoms with E-state index in [1.165, 1.54) is 12.2 Å². The van der Waals surface area contributed by atoms with Gasteiger partial charge in [-0.1, -0.05) is 41.4 Å². The topological polar surface area (TPSA) is 63.2 Å². The van der Waals surface area contributed by atoms with E-state index >= 15 is 0 Å². The molecule has 0 unspecified atom stereocenters. The van der Waals surface area contributed by atoms with Crippen LogP contribution in [-0.4, -0.2) is 26.6 Å². The van der Waals surface area contributed by atoms with Crippen LogP contribution in [0.5, 0.6) is 0 Å². The van der Waals surface area contributed by atoms with E-state index < -0.39 is 15.7 Å². The molecule has 0 radical (unpaired) electrons. The molecular weight excluding hydrogens is 321 g/mol. The zero-order valence-electron chi connectivity index (χ0n) is 10.3. The predicted molar refractivity (Wildman–Crippen MR) is 80.4 cm³/mol. The van der Waals surface area contributed by atoms with Crippen molar-refractivity contribution < 1.29 is 13.2 Å². The Morgan fingerprint density at radius 2 is 1.85 bits per heavy atom. The Balaban J connectivity index is 2.32. The number of hydrogen-bond acceptors (Lipinski definition) is 3. The molecule has 1 heterocycles. The van der Waals surface area contributed by atoms with Gasteiger partial charge in [0.05, 0.1) is 5.75 Å². The van der Waals surface area contributed by atoms with E-state index in [9.17, 15) is 13.2 Å². The smallest absolute Gasteiger partial charge is 0.262 e. The molecule has 106 valence electrons. The van der Waals surface area contributed by atoms with Crippen LogP contribution < -0.4 is 5.32 Å². The summed E-state index contributed by atoms with van der Waals surface area (Å²) in [4.78, 5) is 11.3. The molecule has 0 saturated carbocycles. The monoisotopic (exact) mass is 331 g/mol. The fraction of sp³-hybridized carbons (Fsp3) is 0.154. The average Bonchev–Trinajstić information content (AvgIpc) is 2.35. The molecule has 1 aromatic carbocycles. The standard InChI is InChI=1S/C13H11Cl2NO3S/c14-10-4-2-5-11(15)9(10)3-1-6-12-13(17)16-7-8-20(12,18)19/h1-6H,7-8H2,(H,16,17)/b3-1+,12-6+. The fourth-order valence-corrected chi connectivity index (χ4v) is 3.47. The van der Waals surface area contributed by atoms with Crippen LogP contribution in [0.3, 0.4) is 0 Å². The Kier molecular flexibility index (Phi) is 4.52. The first-order valence-electron chi connectivity index (χ1n) is 5.75. The van der Waals surface area contributed by atoms with E-state index in [2.05, 4.69) is 5.32 Å². The number of nitrogens with one attached hydrogen (secondary N) is 1. The van der Waals surface area contributed by atoms with Crippen LogP contribution >= 0.6 is 23.2 Å². The third-order valence-corrected chi connectivity index (χ3v) is 5.12. The van der Waals surface area contributed by atoms with E-state index in [-0.39, 0.29) is 17.2 Å². The Morgan fingerprint density at radius 1 is 1.20 bits per heavy atom. The number of rotatable bonds is 2. The number of carbonyl (C=O) groups is 1. The summed E-state index contributed by atoms with van der Waals surface area (Å²) in [7, 11) is -3.52. The fourth-order valence-electron chi connectivity index (χ4n) is 1.72. The summed E-state index contributed by atoms with van der Waals surface area (Å²) in [5.74, 6) is -0.684. The Hall–Kier alpha value is -1.30. The third kappa shape index (κ3) is 3.23. The SMILES string of the molecule is O=C1NCCS(=O)(=O)/C1=C/C=C/c1c(Cl)cccc1Cl. The van der Waals surface area contributed by atoms with E-state index in [0.717, 1.165) is 0 Å². The van der Waals surface area contributed by atoms with Crippen molar-refractivity contribution in [3.8, 4) is 0 Å². The number of carbonyl (C=O) groups excluding carboxylic acids is 1. The summed E-state index contributed by atoms with van der Waals surface area (Å²) in [5.41, 5.74) is 0.571. The lowest BCUT2D eigenvalue weighted by Gasteiger charge is -2.14. The molecule has 1 saturated heterocycles. The van der Waals surface area contributed by atoms with Crippen molar-refractivity contribution in [1.29, 1.82) is 0 Å². The van der Waals surface area contributed by atoms with Crippen LogP contribution in [0.4, 0.5) is 0 Å². The van der Waals surface area contributed by atoms with Gasteiger partial charge in [-0.25, -0.2) is 8.42 Å². The van der Waals surface area contributed by atoms with Crippen LogP contribution in [0, 0.1) is 0 Å². The third-order valence-electron chi connectivity index (χ3n) is 2.73. The lowest BCUT2D eigenvalue weighted by atomic mass is 10.2. The van der Waals surface area contributed by atoms with Gasteiger partial charge in [-0.3, -0.25) is 4.79 Å². The normalized spacial score (nSPS) is 20.3. The largest absolute Gasteiger partial charge is 0.350 e. The lowest BCUT2D eigenvalue weighted by Crippen LogP contribution is -2.39. The molecule has 1 aliphatic heterocycles. The molecule has 1 aromatic rings. The molecule has 0 spiro atoms. The number of sulfone groups is 1. The van der Waals surface area contributed by atoms with Gasteiger partial charge in [0.2, 0.25) is 0 Å². The molecule has 0 aromatic heterocycles. The maximum atomic E-state index is 11.8. The Labute approximate surface area is 127 Å². The second-order valence-corrected chi connectivity index (χ2v) is 6.99. The molecule has 7 heteroatoms. The molecule has 0 aliphatic carbocycles. The van der Waals surface area contributed by atoms with Crippen LogP contribution in [-0.2, 0) is 14.6 Å². The molecule has 1 N–H and O–H groups in total. The van der Waals surface area contributed by atoms with Gasteiger partial charge in [-0.15, -0.1) is 0 Å². The van der Waals surface area contributed by atoms with E-state index in [1.807, 2.05) is 0 Å². The summed E-state index contributed by atoms with van der Waals surface area (Å²) in [5, 5.41) is 3.38. The van der Waals surface area contributed by atoms with Crippen molar-refractivity contribution in [2.24, 2.45) is 0 Å². The van der Waals surface area contributed by atoms with Crippen molar-refractivity contribution in [2.45, 2.75) is 0 Å². The zero-order valence-corrected chi connectivity index (χ0v) is 12.6. The van der Waals surface area contributed by atoms with Gasteiger partial charge in [0.15, 0.2) is 9.84 Å². The molecule has 2 rings (SSSR count). The van der Waals surface area contributed by atoms with Crippen LogP contribution in [0.1, 0.15) is 5.56 Å². The second kappa shape index (κ2) is 5.99. The number of hydrogen-bond donors (Lipinski definition) is 1. The number of benzene rings is 1. The number of halogens is 2. The molecule has 0 atom stereocenters. The highest BCUT2D eigenvalue weighted by Gasteiger charge is 2.28. The van der Waals surface area contributed by atoms with Gasteiger partial charge < -0.3 is 5.32 Å². The number of amides is 1. The highest BCUT2D eigenvalue weighted by molar-refractivity contribution is 7.96. The molecule has 1 aliphatic rings.